The molecule has 1 aromatic carbocycles. The van der Waals surface area contributed by atoms with E-state index in [-0.39, 0.29) is 17.6 Å². The standard InChI is InChI=1S/C12H14N4O2S/c13-16-15-9-11(17)14-8-4-7-12(18)19-10-5-2-1-3-6-10/h1-3,5-6H,4,7-9H2,(H,14,17). The second-order valence-electron chi connectivity index (χ2n) is 3.63. The van der Waals surface area contributed by atoms with Crippen molar-refractivity contribution >= 4 is 22.8 Å². The molecule has 100 valence electrons. The first-order chi connectivity index (χ1) is 9.22. The zero-order valence-corrected chi connectivity index (χ0v) is 11.1. The average Bonchev–Trinajstić information content (AvgIpc) is 2.42. The summed E-state index contributed by atoms with van der Waals surface area (Å²) < 4.78 is 0. The highest BCUT2D eigenvalue weighted by Gasteiger charge is 2.04. The molecule has 0 atom stereocenters. The van der Waals surface area contributed by atoms with Gasteiger partial charge >= 0.3 is 0 Å². The highest BCUT2D eigenvalue weighted by Crippen LogP contribution is 2.19. The van der Waals surface area contributed by atoms with Gasteiger partial charge in [-0.15, -0.1) is 0 Å². The number of thioether (sulfide) groups is 1. The Morgan fingerprint density at radius 1 is 1.32 bits per heavy atom. The molecule has 6 nitrogen and oxygen atoms in total. The zero-order valence-electron chi connectivity index (χ0n) is 10.3. The summed E-state index contributed by atoms with van der Waals surface area (Å²) in [6, 6.07) is 9.42. The van der Waals surface area contributed by atoms with Gasteiger partial charge in [0.1, 0.15) is 6.54 Å². The van der Waals surface area contributed by atoms with Gasteiger partial charge in [-0.2, -0.15) is 0 Å². The number of carbonyl (C=O) groups is 2. The molecule has 1 amide bonds. The van der Waals surface area contributed by atoms with Crippen LogP contribution in [0.4, 0.5) is 0 Å². The fourth-order valence-electron chi connectivity index (χ4n) is 1.28. The SMILES string of the molecule is [N-]=[N+]=NCC(=O)NCCCC(=O)Sc1ccccc1. The normalized spacial score (nSPS) is 9.47. The molecule has 0 heterocycles. The lowest BCUT2D eigenvalue weighted by Gasteiger charge is -2.03. The van der Waals surface area contributed by atoms with Crippen LogP contribution >= 0.6 is 11.8 Å². The van der Waals surface area contributed by atoms with Crippen molar-refractivity contribution in [2.24, 2.45) is 5.11 Å². The molecule has 0 aliphatic rings. The van der Waals surface area contributed by atoms with Crippen LogP contribution in [0.1, 0.15) is 12.8 Å². The average molecular weight is 278 g/mol. The number of carbonyl (C=O) groups excluding carboxylic acids is 2. The molecular weight excluding hydrogens is 264 g/mol. The molecular formula is C12H14N4O2S. The van der Waals surface area contributed by atoms with Crippen LogP contribution in [0.3, 0.4) is 0 Å². The van der Waals surface area contributed by atoms with Crippen molar-refractivity contribution in [2.45, 2.75) is 17.7 Å². The predicted octanol–water partition coefficient (Wildman–Crippen LogP) is 2.51. The van der Waals surface area contributed by atoms with Crippen LogP contribution < -0.4 is 5.32 Å². The summed E-state index contributed by atoms with van der Waals surface area (Å²) >= 11 is 1.20. The molecule has 0 saturated carbocycles. The Balaban J connectivity index is 2.14. The van der Waals surface area contributed by atoms with Crippen molar-refractivity contribution in [1.29, 1.82) is 0 Å². The van der Waals surface area contributed by atoms with Crippen molar-refractivity contribution in [3.05, 3.63) is 40.8 Å². The number of azide groups is 1. The molecule has 0 fully saturated rings. The van der Waals surface area contributed by atoms with E-state index in [1.165, 1.54) is 11.8 Å². The molecule has 19 heavy (non-hydrogen) atoms. The highest BCUT2D eigenvalue weighted by atomic mass is 32.2. The van der Waals surface area contributed by atoms with E-state index < -0.39 is 0 Å². The van der Waals surface area contributed by atoms with E-state index in [4.69, 9.17) is 5.53 Å². The first-order valence-corrected chi connectivity index (χ1v) is 6.57. The fraction of sp³-hybridized carbons (Fsp3) is 0.333. The molecule has 0 spiro atoms. The third kappa shape index (κ3) is 7.13. The van der Waals surface area contributed by atoms with E-state index in [1.807, 2.05) is 30.3 Å². The van der Waals surface area contributed by atoms with Gasteiger partial charge in [0, 0.05) is 22.8 Å². The minimum Gasteiger partial charge on any atom is -0.356 e. The number of hydrogen-bond acceptors (Lipinski definition) is 4. The summed E-state index contributed by atoms with van der Waals surface area (Å²) in [6.45, 7) is 0.198. The monoisotopic (exact) mass is 278 g/mol. The van der Waals surface area contributed by atoms with Gasteiger partial charge in [0.05, 0.1) is 0 Å². The lowest BCUT2D eigenvalue weighted by atomic mass is 10.3. The van der Waals surface area contributed by atoms with Crippen molar-refractivity contribution in [3.63, 3.8) is 0 Å². The summed E-state index contributed by atoms with van der Waals surface area (Å²) in [5.74, 6) is -0.332. The van der Waals surface area contributed by atoms with Crippen molar-refractivity contribution in [3.8, 4) is 0 Å². The largest absolute Gasteiger partial charge is 0.356 e. The van der Waals surface area contributed by atoms with Crippen LogP contribution in [0.15, 0.2) is 40.3 Å². The van der Waals surface area contributed by atoms with Gasteiger partial charge in [-0.1, -0.05) is 35.1 Å². The number of nitrogens with zero attached hydrogens (tertiary/aromatic N) is 3. The first kappa shape index (κ1) is 15.1. The van der Waals surface area contributed by atoms with Gasteiger partial charge in [-0.3, -0.25) is 9.59 Å². The maximum Gasteiger partial charge on any atom is 0.225 e. The number of rotatable bonds is 7. The number of amides is 1. The summed E-state index contributed by atoms with van der Waals surface area (Å²) in [5, 5.41) is 5.78. The molecule has 0 aromatic heterocycles. The van der Waals surface area contributed by atoms with E-state index in [2.05, 4.69) is 15.3 Å². The van der Waals surface area contributed by atoms with Crippen LogP contribution in [0.2, 0.25) is 0 Å². The van der Waals surface area contributed by atoms with Gasteiger partial charge < -0.3 is 5.32 Å². The van der Waals surface area contributed by atoms with E-state index in [1.54, 1.807) is 0 Å². The Labute approximate surface area is 115 Å². The van der Waals surface area contributed by atoms with Gasteiger partial charge in [0.25, 0.3) is 0 Å². The smallest absolute Gasteiger partial charge is 0.225 e. The van der Waals surface area contributed by atoms with Crippen LogP contribution in [-0.2, 0) is 9.59 Å². The van der Waals surface area contributed by atoms with E-state index in [9.17, 15) is 9.59 Å². The summed E-state index contributed by atoms with van der Waals surface area (Å²) in [6.07, 6.45) is 0.960. The Morgan fingerprint density at radius 2 is 2.05 bits per heavy atom. The number of hydrogen-bond donors (Lipinski definition) is 1. The fourth-order valence-corrected chi connectivity index (χ4v) is 2.09. The Morgan fingerprint density at radius 3 is 2.74 bits per heavy atom. The maximum absolute atomic E-state index is 11.6. The van der Waals surface area contributed by atoms with Gasteiger partial charge in [-0.05, 0) is 24.1 Å². The van der Waals surface area contributed by atoms with Crippen LogP contribution in [0.25, 0.3) is 10.4 Å². The highest BCUT2D eigenvalue weighted by molar-refractivity contribution is 8.13. The Bertz CT molecular complexity index is 472. The van der Waals surface area contributed by atoms with Crippen molar-refractivity contribution in [1.82, 2.24) is 5.32 Å². The lowest BCUT2D eigenvalue weighted by Crippen LogP contribution is -2.26. The topological polar surface area (TPSA) is 94.9 Å². The molecule has 0 saturated heterocycles. The molecule has 1 N–H and O–H groups in total. The molecule has 1 rings (SSSR count). The Hall–Kier alpha value is -1.98. The van der Waals surface area contributed by atoms with Crippen LogP contribution in [0, 0.1) is 0 Å². The first-order valence-electron chi connectivity index (χ1n) is 5.75. The quantitative estimate of drug-likeness (QED) is 0.273. The minimum atomic E-state index is -0.332. The van der Waals surface area contributed by atoms with E-state index in [0.717, 1.165) is 4.90 Å². The molecule has 1 aromatic rings. The number of benzene rings is 1. The number of nitrogens with one attached hydrogen (secondary N) is 1. The molecule has 7 heteroatoms. The van der Waals surface area contributed by atoms with Gasteiger partial charge in [0.15, 0.2) is 5.12 Å². The second kappa shape index (κ2) is 9.02. The van der Waals surface area contributed by atoms with Crippen LogP contribution in [-0.4, -0.2) is 24.1 Å². The van der Waals surface area contributed by atoms with Gasteiger partial charge in [0.2, 0.25) is 5.91 Å². The Kier molecular flexibility index (Phi) is 7.16. The zero-order chi connectivity index (χ0) is 13.9. The summed E-state index contributed by atoms with van der Waals surface area (Å²) in [5.41, 5.74) is 8.03. The van der Waals surface area contributed by atoms with Gasteiger partial charge in [-0.25, -0.2) is 0 Å². The van der Waals surface area contributed by atoms with Crippen molar-refractivity contribution < 1.29 is 9.59 Å². The molecule has 0 radical (unpaired) electrons. The summed E-state index contributed by atoms with van der Waals surface area (Å²) in [4.78, 5) is 26.1. The molecule has 0 aliphatic carbocycles. The van der Waals surface area contributed by atoms with Crippen molar-refractivity contribution in [2.75, 3.05) is 13.1 Å². The van der Waals surface area contributed by atoms with Crippen LogP contribution in [0.5, 0.6) is 0 Å². The predicted molar refractivity (Wildman–Crippen MR) is 73.6 cm³/mol. The van der Waals surface area contributed by atoms with E-state index >= 15 is 0 Å². The summed E-state index contributed by atoms with van der Waals surface area (Å²) in [7, 11) is 0. The third-order valence-corrected chi connectivity index (χ3v) is 3.07. The molecule has 0 bridgehead atoms. The van der Waals surface area contributed by atoms with E-state index in [0.29, 0.717) is 19.4 Å². The third-order valence-electron chi connectivity index (χ3n) is 2.13. The lowest BCUT2D eigenvalue weighted by molar-refractivity contribution is -0.120. The molecule has 0 aliphatic heterocycles. The maximum atomic E-state index is 11.6. The molecule has 0 unspecified atom stereocenters. The minimum absolute atomic E-state index is 0.0653. The second-order valence-corrected chi connectivity index (χ2v) is 4.76.